The number of rotatable bonds is 2. The Labute approximate surface area is 164 Å². The molecule has 0 spiro atoms. The largest absolute Gasteiger partial charge is 0.481 e. The highest BCUT2D eigenvalue weighted by molar-refractivity contribution is 6.30. The van der Waals surface area contributed by atoms with E-state index < -0.39 is 11.4 Å². The molecule has 1 heterocycles. The Hall–Kier alpha value is -1.55. The average Bonchev–Trinajstić information content (AvgIpc) is 3.10. The van der Waals surface area contributed by atoms with Crippen LogP contribution in [0.2, 0.25) is 5.02 Å². The summed E-state index contributed by atoms with van der Waals surface area (Å²) < 4.78 is 0. The fraction of sp³-hybridized carbons (Fsp3) is 0.381. The van der Waals surface area contributed by atoms with E-state index in [1.807, 2.05) is 24.3 Å². The predicted octanol–water partition coefficient (Wildman–Crippen LogP) is 4.23. The summed E-state index contributed by atoms with van der Waals surface area (Å²) >= 11 is 6.33. The minimum absolute atomic E-state index is 0. The van der Waals surface area contributed by atoms with Crippen molar-refractivity contribution in [2.75, 3.05) is 13.1 Å². The van der Waals surface area contributed by atoms with Crippen molar-refractivity contribution in [2.45, 2.75) is 24.2 Å². The molecule has 4 aliphatic rings. The number of carboxylic acid groups (broad SMARTS) is 1. The van der Waals surface area contributed by atoms with E-state index >= 15 is 0 Å². The molecule has 4 atom stereocenters. The maximum Gasteiger partial charge on any atom is 0.311 e. The number of hydrogen-bond acceptors (Lipinski definition) is 2. The number of halogens is 2. The molecule has 2 aromatic carbocycles. The predicted molar refractivity (Wildman–Crippen MR) is 104 cm³/mol. The lowest BCUT2D eigenvalue weighted by molar-refractivity contribution is -0.157. The quantitative estimate of drug-likeness (QED) is 0.807. The Kier molecular flexibility index (Phi) is 4.11. The first-order chi connectivity index (χ1) is 12.1. The van der Waals surface area contributed by atoms with E-state index in [0.717, 1.165) is 24.9 Å². The minimum atomic E-state index is -0.727. The SMILES string of the molecule is Cl.O=C(O)C12CNCC1C1(c3cccc(Cl)c3)CCC2c2ccccc21. The zero-order valence-electron chi connectivity index (χ0n) is 14.2. The highest BCUT2D eigenvalue weighted by Crippen LogP contribution is 2.67. The molecular weight excluding hydrogens is 369 g/mol. The van der Waals surface area contributed by atoms with E-state index in [0.29, 0.717) is 11.6 Å². The molecule has 0 amide bonds. The molecule has 1 saturated heterocycles. The first-order valence-electron chi connectivity index (χ1n) is 8.90. The lowest BCUT2D eigenvalue weighted by Gasteiger charge is -2.59. The molecule has 2 bridgehead atoms. The maximum absolute atomic E-state index is 12.5. The molecule has 5 heteroatoms. The van der Waals surface area contributed by atoms with Crippen LogP contribution < -0.4 is 5.32 Å². The lowest BCUT2D eigenvalue weighted by atomic mass is 9.42. The van der Waals surface area contributed by atoms with Crippen LogP contribution in [0.25, 0.3) is 0 Å². The summed E-state index contributed by atoms with van der Waals surface area (Å²) in [6.07, 6.45) is 1.89. The number of carboxylic acids is 1. The first kappa shape index (κ1) is 17.8. The van der Waals surface area contributed by atoms with Gasteiger partial charge in [-0.1, -0.05) is 48.0 Å². The fourth-order valence-corrected chi connectivity index (χ4v) is 6.31. The van der Waals surface area contributed by atoms with Crippen LogP contribution in [0.4, 0.5) is 0 Å². The highest BCUT2D eigenvalue weighted by atomic mass is 35.5. The summed E-state index contributed by atoms with van der Waals surface area (Å²) in [5.74, 6) is -0.528. The molecule has 2 fully saturated rings. The van der Waals surface area contributed by atoms with Crippen molar-refractivity contribution in [1.29, 1.82) is 0 Å². The summed E-state index contributed by atoms with van der Waals surface area (Å²) in [5.41, 5.74) is 2.67. The van der Waals surface area contributed by atoms with Crippen molar-refractivity contribution in [3.63, 3.8) is 0 Å². The summed E-state index contributed by atoms with van der Waals surface area (Å²) in [7, 11) is 0. The van der Waals surface area contributed by atoms with Crippen molar-refractivity contribution in [3.8, 4) is 0 Å². The van der Waals surface area contributed by atoms with E-state index in [-0.39, 0.29) is 29.7 Å². The summed E-state index contributed by atoms with van der Waals surface area (Å²) in [6, 6.07) is 16.5. The van der Waals surface area contributed by atoms with Gasteiger partial charge in [0.15, 0.2) is 0 Å². The molecule has 0 aromatic heterocycles. The van der Waals surface area contributed by atoms with Gasteiger partial charge in [-0.3, -0.25) is 4.79 Å². The third-order valence-corrected chi connectivity index (χ3v) is 7.22. The summed E-state index contributed by atoms with van der Waals surface area (Å²) in [4.78, 5) is 12.5. The van der Waals surface area contributed by atoms with Gasteiger partial charge in [0.1, 0.15) is 0 Å². The Balaban J connectivity index is 0.00000168. The Bertz CT molecular complexity index is 886. The van der Waals surface area contributed by atoms with Gasteiger partial charge in [0.2, 0.25) is 0 Å². The standard InChI is InChI=1S/C21H20ClNO2.ClH/c22-14-5-3-4-13(10-14)20-9-8-17(15-6-1-2-7-16(15)20)21(19(24)25)12-23-11-18(20)21;/h1-7,10,17-18,23H,8-9,11-12H2,(H,24,25);1H. The number of aliphatic carboxylic acids is 1. The molecule has 2 aromatic rings. The van der Waals surface area contributed by atoms with Gasteiger partial charge in [-0.05, 0) is 41.7 Å². The van der Waals surface area contributed by atoms with E-state index in [1.165, 1.54) is 11.1 Å². The summed E-state index contributed by atoms with van der Waals surface area (Å²) in [6.45, 7) is 1.29. The Morgan fingerprint density at radius 3 is 2.77 bits per heavy atom. The van der Waals surface area contributed by atoms with E-state index in [9.17, 15) is 9.90 Å². The van der Waals surface area contributed by atoms with Gasteiger partial charge in [0.25, 0.3) is 0 Å². The molecule has 136 valence electrons. The van der Waals surface area contributed by atoms with E-state index in [2.05, 4.69) is 29.6 Å². The maximum atomic E-state index is 12.5. The van der Waals surface area contributed by atoms with Crippen LogP contribution in [0.1, 0.15) is 35.4 Å². The van der Waals surface area contributed by atoms with Gasteiger partial charge in [0, 0.05) is 35.4 Å². The monoisotopic (exact) mass is 389 g/mol. The Morgan fingerprint density at radius 2 is 2.00 bits per heavy atom. The topological polar surface area (TPSA) is 49.3 Å². The van der Waals surface area contributed by atoms with Crippen LogP contribution >= 0.6 is 24.0 Å². The molecule has 1 aliphatic heterocycles. The van der Waals surface area contributed by atoms with E-state index in [1.54, 1.807) is 0 Å². The molecular formula is C21H21Cl2NO2. The van der Waals surface area contributed by atoms with Gasteiger partial charge < -0.3 is 10.4 Å². The van der Waals surface area contributed by atoms with Gasteiger partial charge in [0.05, 0.1) is 5.41 Å². The molecule has 3 nitrogen and oxygen atoms in total. The van der Waals surface area contributed by atoms with Crippen molar-refractivity contribution in [1.82, 2.24) is 5.32 Å². The summed E-state index contributed by atoms with van der Waals surface area (Å²) in [5, 5.41) is 14.4. The second-order valence-electron chi connectivity index (χ2n) is 7.69. The fourth-order valence-electron chi connectivity index (χ4n) is 6.12. The first-order valence-corrected chi connectivity index (χ1v) is 9.28. The number of benzene rings is 2. The highest BCUT2D eigenvalue weighted by Gasteiger charge is 2.68. The average molecular weight is 390 g/mol. The number of fused-ring (bicyclic) bond motifs is 1. The smallest absolute Gasteiger partial charge is 0.311 e. The Morgan fingerprint density at radius 1 is 1.19 bits per heavy atom. The number of hydrogen-bond donors (Lipinski definition) is 2. The van der Waals surface area contributed by atoms with Crippen molar-refractivity contribution in [2.24, 2.45) is 11.3 Å². The molecule has 0 radical (unpaired) electrons. The third-order valence-electron chi connectivity index (χ3n) is 6.99. The second kappa shape index (κ2) is 5.98. The van der Waals surface area contributed by atoms with Gasteiger partial charge >= 0.3 is 5.97 Å². The minimum Gasteiger partial charge on any atom is -0.481 e. The molecule has 3 aliphatic carbocycles. The zero-order chi connectivity index (χ0) is 17.2. The normalized spacial score (nSPS) is 33.9. The van der Waals surface area contributed by atoms with Crippen LogP contribution in [-0.4, -0.2) is 24.2 Å². The van der Waals surface area contributed by atoms with Gasteiger partial charge in [-0.2, -0.15) is 0 Å². The van der Waals surface area contributed by atoms with Gasteiger partial charge in [-0.25, -0.2) is 0 Å². The van der Waals surface area contributed by atoms with Crippen LogP contribution in [0.5, 0.6) is 0 Å². The van der Waals surface area contributed by atoms with Crippen molar-refractivity contribution >= 4 is 30.0 Å². The molecule has 4 unspecified atom stereocenters. The van der Waals surface area contributed by atoms with E-state index in [4.69, 9.17) is 11.6 Å². The van der Waals surface area contributed by atoms with Crippen molar-refractivity contribution < 1.29 is 9.90 Å². The molecule has 26 heavy (non-hydrogen) atoms. The number of carbonyl (C=O) groups is 1. The van der Waals surface area contributed by atoms with Crippen LogP contribution in [0.3, 0.4) is 0 Å². The second-order valence-corrected chi connectivity index (χ2v) is 8.13. The van der Waals surface area contributed by atoms with Gasteiger partial charge in [-0.15, -0.1) is 12.4 Å². The molecule has 2 N–H and O–H groups in total. The van der Waals surface area contributed by atoms with Crippen LogP contribution in [-0.2, 0) is 10.2 Å². The molecule has 1 saturated carbocycles. The van der Waals surface area contributed by atoms with Crippen molar-refractivity contribution in [3.05, 3.63) is 70.2 Å². The lowest BCUT2D eigenvalue weighted by Crippen LogP contribution is -2.60. The zero-order valence-corrected chi connectivity index (χ0v) is 15.8. The third kappa shape index (κ3) is 1.97. The number of nitrogens with one attached hydrogen (secondary N) is 1. The van der Waals surface area contributed by atoms with Crippen LogP contribution in [0.15, 0.2) is 48.5 Å². The van der Waals surface area contributed by atoms with Crippen LogP contribution in [0, 0.1) is 11.3 Å². The molecule has 6 rings (SSSR count).